The van der Waals surface area contributed by atoms with E-state index in [0.29, 0.717) is 35.2 Å². The van der Waals surface area contributed by atoms with Crippen molar-refractivity contribution < 1.29 is 0 Å². The molecule has 0 saturated heterocycles. The summed E-state index contributed by atoms with van der Waals surface area (Å²) in [6, 6.07) is 62.2. The standard InChI is InChI=1S/C50H30N8/c1-5-15-33(16-6-1)45-51-46(34-17-7-2-8-18-34)54-49(53-45)57-37-25-13-23-31-28-30-40-44(41(31)37)43-39(57)29-27-32-24-14-26-38(42(32)43)58(40)50-55-47(35-19-9-3-10-20-35)52-48(56-50)36-21-11-4-12-22-36/h1-30H. The molecular weight excluding hydrogens is 713 g/mol. The van der Waals surface area contributed by atoms with E-state index in [2.05, 4.69) is 69.8 Å². The maximum Gasteiger partial charge on any atom is 0.238 e. The zero-order valence-corrected chi connectivity index (χ0v) is 30.9. The molecule has 8 nitrogen and oxygen atoms in total. The van der Waals surface area contributed by atoms with E-state index in [4.69, 9.17) is 29.9 Å². The highest BCUT2D eigenvalue weighted by atomic mass is 15.2. The molecule has 0 fully saturated rings. The van der Waals surface area contributed by atoms with Crippen LogP contribution in [0.1, 0.15) is 0 Å². The van der Waals surface area contributed by atoms with Gasteiger partial charge in [-0.05, 0) is 35.0 Å². The second kappa shape index (κ2) is 12.7. The quantitative estimate of drug-likeness (QED) is 0.124. The Morgan fingerprint density at radius 1 is 0.259 bits per heavy atom. The van der Waals surface area contributed by atoms with E-state index in [9.17, 15) is 0 Å². The molecule has 58 heavy (non-hydrogen) atoms. The molecule has 0 N–H and O–H groups in total. The smallest absolute Gasteiger partial charge is 0.238 e. The third kappa shape index (κ3) is 4.95. The first-order valence-electron chi connectivity index (χ1n) is 19.2. The van der Waals surface area contributed by atoms with Crippen LogP contribution in [0.2, 0.25) is 0 Å². The van der Waals surface area contributed by atoms with Crippen LogP contribution in [0.25, 0.3) is 112 Å². The molecule has 0 bridgehead atoms. The summed E-state index contributed by atoms with van der Waals surface area (Å²) in [5.74, 6) is 3.52. The van der Waals surface area contributed by atoms with Crippen molar-refractivity contribution in [3.63, 3.8) is 0 Å². The Hall–Kier alpha value is -8.10. The van der Waals surface area contributed by atoms with Gasteiger partial charge in [0.05, 0.1) is 22.1 Å². The average molecular weight is 743 g/mol. The Bertz CT molecular complexity index is 3080. The van der Waals surface area contributed by atoms with Gasteiger partial charge in [0.1, 0.15) is 0 Å². The van der Waals surface area contributed by atoms with E-state index in [1.54, 1.807) is 0 Å². The van der Waals surface area contributed by atoms with E-state index < -0.39 is 0 Å². The molecule has 0 spiro atoms. The Balaban J connectivity index is 1.22. The molecule has 2 aliphatic rings. The van der Waals surface area contributed by atoms with Crippen LogP contribution in [0.4, 0.5) is 0 Å². The fraction of sp³-hybridized carbons (Fsp3) is 0. The van der Waals surface area contributed by atoms with Gasteiger partial charge < -0.3 is 0 Å². The van der Waals surface area contributed by atoms with E-state index in [1.165, 1.54) is 0 Å². The summed E-state index contributed by atoms with van der Waals surface area (Å²) in [4.78, 5) is 31.0. The van der Waals surface area contributed by atoms with Gasteiger partial charge in [-0.1, -0.05) is 158 Å². The van der Waals surface area contributed by atoms with Crippen molar-refractivity contribution in [2.45, 2.75) is 0 Å². The summed E-state index contributed by atoms with van der Waals surface area (Å²) in [5, 5.41) is 4.41. The fourth-order valence-corrected chi connectivity index (χ4v) is 8.43. The van der Waals surface area contributed by atoms with Crippen molar-refractivity contribution in [1.82, 2.24) is 39.0 Å². The lowest BCUT2D eigenvalue weighted by Crippen LogP contribution is -2.14. The molecule has 0 amide bonds. The van der Waals surface area contributed by atoms with Gasteiger partial charge in [0, 0.05) is 44.2 Å². The molecule has 8 aromatic carbocycles. The number of benzene rings is 8. The number of rotatable bonds is 6. The van der Waals surface area contributed by atoms with Crippen molar-refractivity contribution in [3.05, 3.63) is 182 Å². The molecule has 2 aromatic heterocycles. The first kappa shape index (κ1) is 32.2. The third-order valence-corrected chi connectivity index (χ3v) is 11.0. The second-order valence-corrected chi connectivity index (χ2v) is 14.4. The summed E-state index contributed by atoms with van der Waals surface area (Å²) in [7, 11) is 0. The average Bonchev–Trinajstić information content (AvgIpc) is 3.30. The molecule has 0 saturated carbocycles. The van der Waals surface area contributed by atoms with Crippen LogP contribution in [0.5, 0.6) is 0 Å². The van der Waals surface area contributed by atoms with Crippen molar-refractivity contribution in [1.29, 1.82) is 0 Å². The predicted octanol–water partition coefficient (Wildman–Crippen LogP) is 11.5. The normalized spacial score (nSPS) is 11.8. The summed E-state index contributed by atoms with van der Waals surface area (Å²) >= 11 is 0. The molecule has 0 atom stereocenters. The Kier molecular flexibility index (Phi) is 7.06. The van der Waals surface area contributed by atoms with E-state index in [0.717, 1.165) is 77.0 Å². The largest absolute Gasteiger partial charge is 0.278 e. The fourth-order valence-electron chi connectivity index (χ4n) is 8.43. The van der Waals surface area contributed by atoms with Crippen molar-refractivity contribution in [2.24, 2.45) is 0 Å². The summed E-state index contributed by atoms with van der Waals surface area (Å²) in [6.45, 7) is 0. The first-order valence-corrected chi connectivity index (χ1v) is 19.2. The monoisotopic (exact) mass is 742 g/mol. The molecule has 270 valence electrons. The van der Waals surface area contributed by atoms with Crippen LogP contribution in [0.3, 0.4) is 0 Å². The van der Waals surface area contributed by atoms with Crippen molar-refractivity contribution in [3.8, 4) is 68.6 Å². The van der Waals surface area contributed by atoms with Gasteiger partial charge in [-0.2, -0.15) is 19.9 Å². The van der Waals surface area contributed by atoms with Crippen molar-refractivity contribution in [2.75, 3.05) is 0 Å². The number of pyridine rings is 2. The minimum absolute atomic E-state index is 0.546. The van der Waals surface area contributed by atoms with Gasteiger partial charge >= 0.3 is 0 Å². The van der Waals surface area contributed by atoms with E-state index >= 15 is 0 Å². The molecule has 2 aliphatic heterocycles. The lowest BCUT2D eigenvalue weighted by Gasteiger charge is -2.28. The lowest BCUT2D eigenvalue weighted by molar-refractivity contribution is 0.942. The topological polar surface area (TPSA) is 87.2 Å². The zero-order chi connectivity index (χ0) is 38.2. The first-order chi connectivity index (χ1) is 28.8. The molecular formula is C50H30N8. The predicted molar refractivity (Wildman–Crippen MR) is 231 cm³/mol. The highest BCUT2D eigenvalue weighted by Gasteiger charge is 2.29. The molecule has 12 rings (SSSR count). The van der Waals surface area contributed by atoms with Crippen LogP contribution in [0.15, 0.2) is 182 Å². The molecule has 8 heteroatoms. The maximum absolute atomic E-state index is 5.23. The molecule has 4 heterocycles. The third-order valence-electron chi connectivity index (χ3n) is 11.0. The molecule has 0 unspecified atom stereocenters. The van der Waals surface area contributed by atoms with Gasteiger partial charge in [0.2, 0.25) is 11.9 Å². The molecule has 10 aromatic rings. The van der Waals surface area contributed by atoms with Crippen LogP contribution in [0, 0.1) is 0 Å². The van der Waals surface area contributed by atoms with Crippen LogP contribution in [-0.4, -0.2) is 39.0 Å². The zero-order valence-electron chi connectivity index (χ0n) is 30.9. The minimum atomic E-state index is 0.546. The second-order valence-electron chi connectivity index (χ2n) is 14.4. The highest BCUT2D eigenvalue weighted by molar-refractivity contribution is 6.26. The van der Waals surface area contributed by atoms with Crippen LogP contribution >= 0.6 is 0 Å². The van der Waals surface area contributed by atoms with Crippen molar-refractivity contribution >= 4 is 43.6 Å². The Morgan fingerprint density at radius 2 is 0.586 bits per heavy atom. The number of hydrogen-bond donors (Lipinski definition) is 0. The van der Waals surface area contributed by atoms with Gasteiger partial charge in [0.15, 0.2) is 23.3 Å². The van der Waals surface area contributed by atoms with Gasteiger partial charge in [-0.15, -0.1) is 0 Å². The molecule has 0 aliphatic carbocycles. The number of nitrogens with zero attached hydrogens (tertiary/aromatic N) is 8. The minimum Gasteiger partial charge on any atom is -0.278 e. The summed E-state index contributed by atoms with van der Waals surface area (Å²) in [6.07, 6.45) is 0. The van der Waals surface area contributed by atoms with Gasteiger partial charge in [-0.3, -0.25) is 9.13 Å². The van der Waals surface area contributed by atoms with E-state index in [-0.39, 0.29) is 0 Å². The molecule has 0 radical (unpaired) electrons. The SMILES string of the molecule is c1ccc(-c2nc(-c3ccccc3)nc(-n3c4ccc5cccc6c5c4-c4c5c(cccc53)ccc4n6-c3nc(-c4ccccc4)nc(-c4ccccc4)n3)n2)cc1. The highest BCUT2D eigenvalue weighted by Crippen LogP contribution is 2.49. The van der Waals surface area contributed by atoms with Crippen LogP contribution < -0.4 is 0 Å². The summed E-state index contributed by atoms with van der Waals surface area (Å²) < 4.78 is 4.43. The van der Waals surface area contributed by atoms with E-state index in [1.807, 2.05) is 121 Å². The lowest BCUT2D eigenvalue weighted by atomic mass is 9.87. The Labute approximate surface area is 332 Å². The van der Waals surface area contributed by atoms with Crippen LogP contribution in [-0.2, 0) is 0 Å². The van der Waals surface area contributed by atoms with Gasteiger partial charge in [0.25, 0.3) is 0 Å². The summed E-state index contributed by atoms with van der Waals surface area (Å²) in [5.41, 5.74) is 9.85. The number of hydrogen-bond acceptors (Lipinski definition) is 6. The Morgan fingerprint density at radius 3 is 0.914 bits per heavy atom. The van der Waals surface area contributed by atoms with Gasteiger partial charge in [-0.25, -0.2) is 9.97 Å². The maximum atomic E-state index is 5.23. The number of aromatic nitrogens is 8.